The molecule has 0 atom stereocenters. The first kappa shape index (κ1) is 19.0. The highest BCUT2D eigenvalue weighted by molar-refractivity contribution is 7.98. The molecule has 0 bridgehead atoms. The highest BCUT2D eigenvalue weighted by Gasteiger charge is 2.27. The van der Waals surface area contributed by atoms with Crippen molar-refractivity contribution in [3.05, 3.63) is 59.1 Å². The van der Waals surface area contributed by atoms with E-state index in [1.807, 2.05) is 24.5 Å². The lowest BCUT2D eigenvalue weighted by Gasteiger charge is -2.28. The SMILES string of the molecule is CSc1ccc(Oc2c(C3CCC3)ccc(-c3cnc(N)cn3)c2F)c(Cl)c1. The molecule has 2 aromatic carbocycles. The summed E-state index contributed by atoms with van der Waals surface area (Å²) >= 11 is 7.95. The van der Waals surface area contributed by atoms with Crippen LogP contribution in [0.4, 0.5) is 10.2 Å². The Morgan fingerprint density at radius 2 is 2.00 bits per heavy atom. The van der Waals surface area contributed by atoms with Gasteiger partial charge in [-0.25, -0.2) is 9.37 Å². The van der Waals surface area contributed by atoms with E-state index >= 15 is 4.39 Å². The van der Waals surface area contributed by atoms with Crippen molar-refractivity contribution >= 4 is 29.2 Å². The number of hydrogen-bond donors (Lipinski definition) is 1. The first-order chi connectivity index (χ1) is 13.6. The van der Waals surface area contributed by atoms with Crippen LogP contribution in [-0.2, 0) is 0 Å². The van der Waals surface area contributed by atoms with Gasteiger partial charge < -0.3 is 10.5 Å². The van der Waals surface area contributed by atoms with Crippen molar-refractivity contribution < 1.29 is 9.13 Å². The third-order valence-corrected chi connectivity index (χ3v) is 5.99. The summed E-state index contributed by atoms with van der Waals surface area (Å²) in [6, 6.07) is 9.14. The minimum Gasteiger partial charge on any atom is -0.452 e. The molecule has 7 heteroatoms. The van der Waals surface area contributed by atoms with Gasteiger partial charge in [0.1, 0.15) is 11.6 Å². The Morgan fingerprint density at radius 3 is 2.61 bits per heavy atom. The van der Waals surface area contributed by atoms with Gasteiger partial charge in [0, 0.05) is 16.0 Å². The molecule has 1 saturated carbocycles. The van der Waals surface area contributed by atoms with E-state index in [0.29, 0.717) is 27.9 Å². The van der Waals surface area contributed by atoms with Gasteiger partial charge in [-0.15, -0.1) is 11.8 Å². The Bertz CT molecular complexity index is 1010. The molecule has 0 saturated heterocycles. The monoisotopic (exact) mass is 415 g/mol. The Kier molecular flexibility index (Phi) is 5.42. The van der Waals surface area contributed by atoms with Crippen LogP contribution < -0.4 is 10.5 Å². The van der Waals surface area contributed by atoms with Crippen molar-refractivity contribution in [3.8, 4) is 22.8 Å². The first-order valence-electron chi connectivity index (χ1n) is 8.98. The minimum atomic E-state index is -0.464. The number of thioether (sulfide) groups is 1. The predicted molar refractivity (Wildman–Crippen MR) is 112 cm³/mol. The Hall–Kier alpha value is -2.31. The highest BCUT2D eigenvalue weighted by atomic mass is 35.5. The number of benzene rings is 2. The lowest BCUT2D eigenvalue weighted by molar-refractivity contribution is 0.384. The molecule has 2 N–H and O–H groups in total. The summed E-state index contributed by atoms with van der Waals surface area (Å²) in [5.41, 5.74) is 7.18. The molecule has 1 aliphatic rings. The van der Waals surface area contributed by atoms with E-state index in [4.69, 9.17) is 22.1 Å². The van der Waals surface area contributed by atoms with Crippen molar-refractivity contribution in [2.75, 3.05) is 12.0 Å². The standard InChI is InChI=1S/C21H19ClFN3OS/c1-28-13-5-8-18(16(22)9-13)27-21-14(12-3-2-4-12)6-7-15(20(21)23)17-10-26-19(24)11-25-17/h5-12H,2-4H2,1H3,(H2,24,26). The summed E-state index contributed by atoms with van der Waals surface area (Å²) in [6.45, 7) is 0. The van der Waals surface area contributed by atoms with Crippen LogP contribution in [0.5, 0.6) is 11.5 Å². The van der Waals surface area contributed by atoms with Crippen LogP contribution in [0.3, 0.4) is 0 Å². The maximum absolute atomic E-state index is 15.5. The van der Waals surface area contributed by atoms with Crippen LogP contribution in [-0.4, -0.2) is 16.2 Å². The molecule has 0 amide bonds. The lowest BCUT2D eigenvalue weighted by atomic mass is 9.79. The maximum Gasteiger partial charge on any atom is 0.175 e. The molecule has 0 spiro atoms. The summed E-state index contributed by atoms with van der Waals surface area (Å²) in [6.07, 6.45) is 8.03. The molecule has 4 nitrogen and oxygen atoms in total. The molecule has 28 heavy (non-hydrogen) atoms. The fourth-order valence-corrected chi connectivity index (χ4v) is 3.92. The van der Waals surface area contributed by atoms with E-state index in [1.165, 1.54) is 12.4 Å². The van der Waals surface area contributed by atoms with Gasteiger partial charge in [0.05, 0.1) is 23.1 Å². The number of ether oxygens (including phenoxy) is 1. The molecule has 1 aliphatic carbocycles. The van der Waals surface area contributed by atoms with Gasteiger partial charge in [-0.1, -0.05) is 24.1 Å². The second kappa shape index (κ2) is 7.97. The zero-order chi connectivity index (χ0) is 19.7. The Labute approximate surface area is 172 Å². The second-order valence-electron chi connectivity index (χ2n) is 6.70. The number of aromatic nitrogens is 2. The van der Waals surface area contributed by atoms with Gasteiger partial charge in [0.2, 0.25) is 0 Å². The predicted octanol–water partition coefficient (Wildman–Crippen LogP) is 6.30. The Morgan fingerprint density at radius 1 is 1.18 bits per heavy atom. The molecule has 4 rings (SSSR count). The van der Waals surface area contributed by atoms with E-state index in [9.17, 15) is 0 Å². The fourth-order valence-electron chi connectivity index (χ4n) is 3.19. The maximum atomic E-state index is 15.5. The van der Waals surface area contributed by atoms with Crippen molar-refractivity contribution in [1.82, 2.24) is 9.97 Å². The van der Waals surface area contributed by atoms with Gasteiger partial charge in [0.25, 0.3) is 0 Å². The molecule has 3 aromatic rings. The summed E-state index contributed by atoms with van der Waals surface area (Å²) in [4.78, 5) is 9.22. The molecule has 144 valence electrons. The average Bonchev–Trinajstić information content (AvgIpc) is 2.65. The number of nitrogens with zero attached hydrogens (tertiary/aromatic N) is 2. The molecular weight excluding hydrogens is 397 g/mol. The largest absolute Gasteiger partial charge is 0.452 e. The van der Waals surface area contributed by atoms with Gasteiger partial charge in [-0.2, -0.15) is 0 Å². The van der Waals surface area contributed by atoms with Gasteiger partial charge in [-0.05, 0) is 49.3 Å². The quantitative estimate of drug-likeness (QED) is 0.495. The third kappa shape index (κ3) is 3.66. The summed E-state index contributed by atoms with van der Waals surface area (Å²) < 4.78 is 21.6. The van der Waals surface area contributed by atoms with Crippen LogP contribution >= 0.6 is 23.4 Å². The number of nitrogen functional groups attached to an aromatic ring is 1. The zero-order valence-electron chi connectivity index (χ0n) is 15.3. The molecule has 0 unspecified atom stereocenters. The van der Waals surface area contributed by atoms with Crippen LogP contribution in [0.1, 0.15) is 30.7 Å². The minimum absolute atomic E-state index is 0.208. The van der Waals surface area contributed by atoms with E-state index < -0.39 is 5.82 Å². The first-order valence-corrected chi connectivity index (χ1v) is 10.6. The van der Waals surface area contributed by atoms with Crippen molar-refractivity contribution in [2.45, 2.75) is 30.1 Å². The molecule has 1 heterocycles. The normalized spacial score (nSPS) is 14.0. The molecule has 0 aliphatic heterocycles. The second-order valence-corrected chi connectivity index (χ2v) is 7.99. The van der Waals surface area contributed by atoms with Crippen molar-refractivity contribution in [1.29, 1.82) is 0 Å². The molecular formula is C21H19ClFN3OS. The number of rotatable bonds is 5. The summed E-state index contributed by atoms with van der Waals surface area (Å²) in [5.74, 6) is 0.750. The number of anilines is 1. The third-order valence-electron chi connectivity index (χ3n) is 4.97. The summed E-state index contributed by atoms with van der Waals surface area (Å²) in [5, 5.41) is 0.448. The number of halogens is 2. The van der Waals surface area contributed by atoms with Gasteiger partial charge >= 0.3 is 0 Å². The van der Waals surface area contributed by atoms with Crippen molar-refractivity contribution in [3.63, 3.8) is 0 Å². The lowest BCUT2D eigenvalue weighted by Crippen LogP contribution is -2.11. The van der Waals surface area contributed by atoms with Crippen LogP contribution in [0.15, 0.2) is 47.6 Å². The Balaban J connectivity index is 1.78. The summed E-state index contributed by atoms with van der Waals surface area (Å²) in [7, 11) is 0. The van der Waals surface area contributed by atoms with Gasteiger partial charge in [0.15, 0.2) is 11.6 Å². The number of nitrogens with two attached hydrogens (primary N) is 1. The molecule has 1 fully saturated rings. The van der Waals surface area contributed by atoms with Crippen LogP contribution in [0, 0.1) is 5.82 Å². The number of hydrogen-bond acceptors (Lipinski definition) is 5. The average molecular weight is 416 g/mol. The topological polar surface area (TPSA) is 61.0 Å². The van der Waals surface area contributed by atoms with E-state index in [2.05, 4.69) is 9.97 Å². The van der Waals surface area contributed by atoms with Crippen LogP contribution in [0.25, 0.3) is 11.3 Å². The van der Waals surface area contributed by atoms with Gasteiger partial charge in [-0.3, -0.25) is 4.98 Å². The zero-order valence-corrected chi connectivity index (χ0v) is 16.9. The van der Waals surface area contributed by atoms with E-state index in [1.54, 1.807) is 23.9 Å². The van der Waals surface area contributed by atoms with E-state index in [-0.39, 0.29) is 11.6 Å². The molecule has 1 aromatic heterocycles. The smallest absolute Gasteiger partial charge is 0.175 e. The van der Waals surface area contributed by atoms with E-state index in [0.717, 1.165) is 29.7 Å². The highest BCUT2D eigenvalue weighted by Crippen LogP contribution is 2.46. The fraction of sp³-hybridized carbons (Fsp3) is 0.238. The van der Waals surface area contributed by atoms with Crippen LogP contribution in [0.2, 0.25) is 5.02 Å². The molecule has 0 radical (unpaired) electrons. The van der Waals surface area contributed by atoms with Crippen molar-refractivity contribution in [2.24, 2.45) is 0 Å².